The molecule has 13 heterocycles. The largest absolute Gasteiger partial charge is 0.447 e. The molecule has 18 aromatic carbocycles. The third-order valence-electron chi connectivity index (χ3n) is 28.4. The van der Waals surface area contributed by atoms with Crippen LogP contribution in [0.1, 0.15) is 0 Å². The standard InChI is InChI=1S/C46H29N3O.C40H25N3O.C39H24N4O/c1-5-19-41-35(15-1)36-16-2-6-20-42(36)48(41)34-23-24-45-40(29-34)38-18-4-7-21-43(38)47(45)32-13-9-11-30(27-32)31-12-10-14-33(28-31)49-44-22-8-3-17-37(44)39-25-26-50-46(39)49;1-5-16-35-29(12-1)30-13-2-6-17-36(30)42(35)28-20-21-39-34(25-28)32-15-4-7-18-37(32)41(39)26-10-9-11-27(24-26)43-38-19-8-3-14-31(38)33-22-23-44-40(33)43;1-5-14-32-26(10-1)27-11-2-6-15-33(27)41(32)25-20-21-36-31(24-25)29-13-4-7-16-34(29)42(36)37-18-9-19-38(40-37)43-35-17-8-3-12-28(35)30-22-23-44-39(30)43/h1-29H;1-25H;1-24H. The Morgan fingerprint density at radius 3 is 0.652 bits per heavy atom. The molecule has 0 bridgehead atoms. The van der Waals surface area contributed by atoms with Crippen LogP contribution in [-0.4, -0.2) is 46.1 Å². The van der Waals surface area contributed by atoms with Gasteiger partial charge in [0.25, 0.3) is 0 Å². The molecule has 0 saturated heterocycles. The monoisotopic (exact) mass is 1770 g/mol. The molecule has 31 rings (SSSR count). The first-order valence-corrected chi connectivity index (χ1v) is 46.8. The highest BCUT2D eigenvalue weighted by Gasteiger charge is 2.26. The van der Waals surface area contributed by atoms with Crippen LogP contribution >= 0.6 is 0 Å². The second-order valence-electron chi connectivity index (χ2n) is 35.7. The fourth-order valence-corrected chi connectivity index (χ4v) is 22.6. The summed E-state index contributed by atoms with van der Waals surface area (Å²) in [6.45, 7) is 0. The van der Waals surface area contributed by atoms with Gasteiger partial charge in [-0.15, -0.1) is 0 Å². The van der Waals surface area contributed by atoms with E-state index in [4.69, 9.17) is 18.2 Å². The Kier molecular flexibility index (Phi) is 16.9. The predicted octanol–water partition coefficient (Wildman–Crippen LogP) is 32.8. The summed E-state index contributed by atoms with van der Waals surface area (Å²) in [6, 6.07) is 163. The average Bonchev–Trinajstić information content (AvgIpc) is 1.57. The molecular weight excluding hydrogens is 1690 g/mol. The minimum absolute atomic E-state index is 0.800. The number of aromatic nitrogens is 10. The SMILES string of the molecule is c1cc(-c2cccc(-n3c4ccccc4c4ccoc43)c2)cc(-n2c3ccccc3c3cc(-n4c5ccccc5c5ccccc54)ccc32)c1.c1cc(-n2c3ccccc3c3cc(-n4c5ccccc5c5ccccc54)ccc32)cc(-n2c3ccccc3c3ccoc32)c1.c1cc(-n2c3ccccc3c3cc(-n4c5ccccc5c5ccccc54)ccc32)nc(-n2c3ccccc3c3ccoc32)c1. The van der Waals surface area contributed by atoms with Gasteiger partial charge in [0.2, 0.25) is 17.1 Å². The molecule has 0 unspecified atom stereocenters. The van der Waals surface area contributed by atoms with Crippen molar-refractivity contribution < 1.29 is 13.3 Å². The van der Waals surface area contributed by atoms with Gasteiger partial charge in [-0.2, -0.15) is 0 Å². The molecule has 0 aliphatic rings. The summed E-state index contributed by atoms with van der Waals surface area (Å²) in [6.07, 6.45) is 5.30. The number of benzene rings is 18. The molecule has 31 aromatic rings. The second-order valence-corrected chi connectivity index (χ2v) is 35.7. The summed E-state index contributed by atoms with van der Waals surface area (Å²) < 4.78 is 38.8. The van der Waals surface area contributed by atoms with E-state index in [1.807, 2.05) is 12.1 Å². The van der Waals surface area contributed by atoms with Crippen LogP contribution in [0.3, 0.4) is 0 Å². The number of furan rings is 3. The van der Waals surface area contributed by atoms with E-state index in [2.05, 4.69) is 484 Å². The lowest BCUT2D eigenvalue weighted by molar-refractivity contribution is 0.594. The Morgan fingerprint density at radius 1 is 0.130 bits per heavy atom. The summed E-state index contributed by atoms with van der Waals surface area (Å²) >= 11 is 0. The zero-order valence-electron chi connectivity index (χ0n) is 74.2. The van der Waals surface area contributed by atoms with Crippen LogP contribution in [0.4, 0.5) is 0 Å². The highest BCUT2D eigenvalue weighted by molar-refractivity contribution is 6.18. The van der Waals surface area contributed by atoms with Crippen molar-refractivity contribution in [2.75, 3.05) is 0 Å². The van der Waals surface area contributed by atoms with Gasteiger partial charge in [0.05, 0.1) is 107 Å². The van der Waals surface area contributed by atoms with E-state index in [-0.39, 0.29) is 0 Å². The van der Waals surface area contributed by atoms with Gasteiger partial charge < -0.3 is 36.1 Å². The van der Waals surface area contributed by atoms with E-state index in [9.17, 15) is 0 Å². The number of para-hydroxylation sites is 12. The number of pyridine rings is 1. The summed E-state index contributed by atoms with van der Waals surface area (Å²) in [7, 11) is 0. The fraction of sp³-hybridized carbons (Fsp3) is 0. The Hall–Kier alpha value is -18.9. The molecule has 0 spiro atoms. The van der Waals surface area contributed by atoms with Crippen molar-refractivity contribution in [3.63, 3.8) is 0 Å². The van der Waals surface area contributed by atoms with E-state index in [1.165, 1.54) is 131 Å². The summed E-state index contributed by atoms with van der Waals surface area (Å²) in [4.78, 5) is 5.25. The molecule has 646 valence electrons. The maximum absolute atomic E-state index is 6.02. The average molecular weight is 1770 g/mol. The molecule has 138 heavy (non-hydrogen) atoms. The Balaban J connectivity index is 0.000000100. The lowest BCUT2D eigenvalue weighted by Gasteiger charge is -2.13. The van der Waals surface area contributed by atoms with Crippen LogP contribution in [0.25, 0.3) is 259 Å². The van der Waals surface area contributed by atoms with Crippen molar-refractivity contribution in [1.29, 1.82) is 0 Å². The third kappa shape index (κ3) is 11.5. The van der Waals surface area contributed by atoms with E-state index >= 15 is 0 Å². The van der Waals surface area contributed by atoms with Gasteiger partial charge in [0.1, 0.15) is 11.6 Å². The van der Waals surface area contributed by atoms with Crippen molar-refractivity contribution in [2.24, 2.45) is 0 Å². The maximum Gasteiger partial charge on any atom is 0.213 e. The van der Waals surface area contributed by atoms with Gasteiger partial charge in [0.15, 0.2) is 0 Å². The topological polar surface area (TPSA) is 96.7 Å². The molecular formula is C125H78N10O3. The van der Waals surface area contributed by atoms with E-state index in [0.717, 1.165) is 129 Å². The highest BCUT2D eigenvalue weighted by Crippen LogP contribution is 2.46. The van der Waals surface area contributed by atoms with Crippen LogP contribution in [0.15, 0.2) is 487 Å². The molecule has 0 N–H and O–H groups in total. The van der Waals surface area contributed by atoms with E-state index in [1.54, 1.807) is 18.8 Å². The van der Waals surface area contributed by atoms with Gasteiger partial charge in [-0.1, -0.05) is 255 Å². The summed E-state index contributed by atoms with van der Waals surface area (Å²) in [5, 5.41) is 21.8. The van der Waals surface area contributed by atoms with Crippen LogP contribution in [0.5, 0.6) is 0 Å². The molecule has 0 fully saturated rings. The molecule has 0 aliphatic carbocycles. The van der Waals surface area contributed by atoms with Crippen molar-refractivity contribution in [3.05, 3.63) is 474 Å². The Labute approximate surface area is 787 Å². The second kappa shape index (κ2) is 30.3. The third-order valence-corrected chi connectivity index (χ3v) is 28.4. The molecule has 13 heteroatoms. The molecule has 0 radical (unpaired) electrons. The lowest BCUT2D eigenvalue weighted by Crippen LogP contribution is -2.03. The molecule has 0 aliphatic heterocycles. The molecule has 0 atom stereocenters. The van der Waals surface area contributed by atoms with Gasteiger partial charge in [-0.25, -0.2) is 4.98 Å². The highest BCUT2D eigenvalue weighted by atomic mass is 16.3. The lowest BCUT2D eigenvalue weighted by atomic mass is 10.0. The minimum Gasteiger partial charge on any atom is -0.447 e. The number of fused-ring (bicyclic) bond motifs is 27. The quantitative estimate of drug-likeness (QED) is 0.136. The van der Waals surface area contributed by atoms with Gasteiger partial charge in [0, 0.05) is 131 Å². The smallest absolute Gasteiger partial charge is 0.213 e. The minimum atomic E-state index is 0.800. The maximum atomic E-state index is 6.02. The zero-order valence-corrected chi connectivity index (χ0v) is 74.2. The van der Waals surface area contributed by atoms with E-state index in [0.29, 0.717) is 0 Å². The fourth-order valence-electron chi connectivity index (χ4n) is 22.6. The molecule has 0 amide bonds. The van der Waals surface area contributed by atoms with Crippen molar-refractivity contribution >= 4 is 197 Å². The number of hydrogen-bond donors (Lipinski definition) is 0. The summed E-state index contributed by atoms with van der Waals surface area (Å²) in [5.74, 6) is 1.67. The van der Waals surface area contributed by atoms with Gasteiger partial charge >= 0.3 is 0 Å². The van der Waals surface area contributed by atoms with E-state index < -0.39 is 0 Å². The van der Waals surface area contributed by atoms with Crippen LogP contribution < -0.4 is 0 Å². The Bertz CT molecular complexity index is 9910. The molecule has 13 nitrogen and oxygen atoms in total. The predicted molar refractivity (Wildman–Crippen MR) is 568 cm³/mol. The number of rotatable bonds is 10. The molecule has 13 aromatic heterocycles. The summed E-state index contributed by atoms with van der Waals surface area (Å²) in [5.41, 5.74) is 30.2. The van der Waals surface area contributed by atoms with Crippen LogP contribution in [0.2, 0.25) is 0 Å². The van der Waals surface area contributed by atoms with Crippen molar-refractivity contribution in [3.8, 4) is 62.6 Å². The first-order chi connectivity index (χ1) is 68.5. The zero-order chi connectivity index (χ0) is 90.3. The van der Waals surface area contributed by atoms with Gasteiger partial charge in [-0.05, 0) is 211 Å². The normalized spacial score (nSPS) is 12.1. The van der Waals surface area contributed by atoms with Crippen LogP contribution in [-0.2, 0) is 0 Å². The van der Waals surface area contributed by atoms with Crippen LogP contribution in [0, 0.1) is 0 Å². The van der Waals surface area contributed by atoms with Gasteiger partial charge in [-0.3, -0.25) is 18.3 Å². The Morgan fingerprint density at radius 2 is 0.333 bits per heavy atom. The first-order valence-electron chi connectivity index (χ1n) is 46.8. The number of hydrogen-bond acceptors (Lipinski definition) is 4. The molecule has 0 saturated carbocycles. The first kappa shape index (κ1) is 76.8. The van der Waals surface area contributed by atoms with Crippen molar-refractivity contribution in [1.82, 2.24) is 46.1 Å². The number of nitrogens with zero attached hydrogens (tertiary/aromatic N) is 10. The van der Waals surface area contributed by atoms with Crippen molar-refractivity contribution in [2.45, 2.75) is 0 Å².